The maximum Gasteiger partial charge on any atom is 0.310 e. The molecule has 0 aromatic heterocycles. The van der Waals surface area contributed by atoms with E-state index in [1.807, 2.05) is 0 Å². The van der Waals surface area contributed by atoms with Crippen LogP contribution in [0.1, 0.15) is 12.8 Å². The molecule has 2 saturated carbocycles. The third-order valence-electron chi connectivity index (χ3n) is 4.90. The largest absolute Gasteiger partial charge is 0.462 e. The highest BCUT2D eigenvalue weighted by Gasteiger charge is 2.63. The van der Waals surface area contributed by atoms with Crippen LogP contribution in [0, 0.1) is 29.5 Å². The Morgan fingerprint density at radius 3 is 2.75 bits per heavy atom. The molecule has 3 fully saturated rings. The lowest BCUT2D eigenvalue weighted by molar-refractivity contribution is -0.145. The van der Waals surface area contributed by atoms with E-state index < -0.39 is 0 Å². The van der Waals surface area contributed by atoms with E-state index in [2.05, 4.69) is 5.32 Å². The minimum Gasteiger partial charge on any atom is -0.462 e. The van der Waals surface area contributed by atoms with Crippen LogP contribution in [0.5, 0.6) is 0 Å². The molecule has 0 spiro atoms. The van der Waals surface area contributed by atoms with Crippen molar-refractivity contribution in [2.45, 2.75) is 18.9 Å². The first-order valence-electron chi connectivity index (χ1n) is 6.90. The molecule has 4 nitrogen and oxygen atoms in total. The highest BCUT2D eigenvalue weighted by atomic mass is 19.1. The Bertz CT molecular complexity index is 583. The lowest BCUT2D eigenvalue weighted by Crippen LogP contribution is -2.35. The van der Waals surface area contributed by atoms with Crippen molar-refractivity contribution in [3.8, 4) is 0 Å². The molecule has 0 radical (unpaired) electrons. The first-order valence-corrected chi connectivity index (χ1v) is 6.90. The summed E-state index contributed by atoms with van der Waals surface area (Å²) in [5.41, 5.74) is 0.557. The van der Waals surface area contributed by atoms with E-state index in [4.69, 9.17) is 4.74 Å². The minimum absolute atomic E-state index is 0.0346. The van der Waals surface area contributed by atoms with Gasteiger partial charge in [0, 0.05) is 11.6 Å². The molecule has 2 aliphatic carbocycles. The second kappa shape index (κ2) is 4.04. The van der Waals surface area contributed by atoms with Crippen LogP contribution in [0.25, 0.3) is 0 Å². The lowest BCUT2D eigenvalue weighted by Gasteiger charge is -2.23. The summed E-state index contributed by atoms with van der Waals surface area (Å²) in [6.45, 7) is 0. The van der Waals surface area contributed by atoms with Gasteiger partial charge in [-0.25, -0.2) is 4.39 Å². The van der Waals surface area contributed by atoms with Crippen molar-refractivity contribution < 1.29 is 18.7 Å². The van der Waals surface area contributed by atoms with Gasteiger partial charge in [-0.2, -0.15) is 0 Å². The van der Waals surface area contributed by atoms with Gasteiger partial charge in [-0.3, -0.25) is 9.59 Å². The molecule has 1 N–H and O–H groups in total. The maximum absolute atomic E-state index is 12.8. The van der Waals surface area contributed by atoms with Crippen LogP contribution in [-0.2, 0) is 14.3 Å². The monoisotopic (exact) mass is 275 g/mol. The molecule has 3 aliphatic rings. The van der Waals surface area contributed by atoms with Gasteiger partial charge < -0.3 is 10.1 Å². The number of benzene rings is 1. The topological polar surface area (TPSA) is 55.4 Å². The molecular weight excluding hydrogens is 261 g/mol. The van der Waals surface area contributed by atoms with Gasteiger partial charge in [-0.05, 0) is 43.0 Å². The van der Waals surface area contributed by atoms with Crippen LogP contribution in [0.3, 0.4) is 0 Å². The van der Waals surface area contributed by atoms with E-state index >= 15 is 0 Å². The van der Waals surface area contributed by atoms with Gasteiger partial charge in [-0.15, -0.1) is 0 Å². The van der Waals surface area contributed by atoms with Crippen LogP contribution < -0.4 is 5.32 Å². The van der Waals surface area contributed by atoms with Gasteiger partial charge in [0.1, 0.15) is 11.9 Å². The summed E-state index contributed by atoms with van der Waals surface area (Å²) in [5, 5.41) is 2.79. The average Bonchev–Trinajstić information content (AvgIpc) is 3.02. The Kier molecular flexibility index (Phi) is 2.40. The second-order valence-corrected chi connectivity index (χ2v) is 5.92. The number of hydrogen-bond donors (Lipinski definition) is 1. The van der Waals surface area contributed by atoms with Gasteiger partial charge in [-0.1, -0.05) is 0 Å². The van der Waals surface area contributed by atoms with Crippen molar-refractivity contribution in [3.63, 3.8) is 0 Å². The van der Waals surface area contributed by atoms with E-state index in [-0.39, 0.29) is 47.5 Å². The highest BCUT2D eigenvalue weighted by Crippen LogP contribution is 2.57. The summed E-state index contributed by atoms with van der Waals surface area (Å²) in [7, 11) is 0. The van der Waals surface area contributed by atoms with Crippen molar-refractivity contribution >= 4 is 17.6 Å². The van der Waals surface area contributed by atoms with Crippen molar-refractivity contribution in [3.05, 3.63) is 30.1 Å². The standard InChI is InChI=1S/C15H14FNO3/c16-8-1-3-9(4-2-8)17-14(18)12-7-5-10-11(6-7)20-15(19)13(10)12/h1-4,7,10-13H,5-6H2,(H,17,18)/t7-,10+,11+,12-,13-/m1/s1. The predicted molar refractivity (Wildman–Crippen MR) is 68.1 cm³/mol. The van der Waals surface area contributed by atoms with Crippen LogP contribution in [-0.4, -0.2) is 18.0 Å². The maximum atomic E-state index is 12.8. The minimum atomic E-state index is -0.342. The highest BCUT2D eigenvalue weighted by molar-refractivity contribution is 5.96. The van der Waals surface area contributed by atoms with E-state index in [1.165, 1.54) is 24.3 Å². The summed E-state index contributed by atoms with van der Waals surface area (Å²) < 4.78 is 18.2. The van der Waals surface area contributed by atoms with Gasteiger partial charge >= 0.3 is 5.97 Å². The molecule has 5 heteroatoms. The predicted octanol–water partition coefficient (Wildman–Crippen LogP) is 1.96. The number of carbonyl (C=O) groups excluding carboxylic acids is 2. The summed E-state index contributed by atoms with van der Waals surface area (Å²) >= 11 is 0. The summed E-state index contributed by atoms with van der Waals surface area (Å²) in [5.74, 6) is -0.829. The number of rotatable bonds is 2. The fourth-order valence-corrected chi connectivity index (χ4v) is 4.12. The van der Waals surface area contributed by atoms with Crippen molar-refractivity contribution in [1.29, 1.82) is 0 Å². The molecule has 1 aromatic carbocycles. The van der Waals surface area contributed by atoms with Gasteiger partial charge in [0.25, 0.3) is 0 Å². The number of anilines is 1. The Morgan fingerprint density at radius 1 is 1.25 bits per heavy atom. The van der Waals surface area contributed by atoms with Crippen LogP contribution in [0.15, 0.2) is 24.3 Å². The number of fused-ring (bicyclic) bond motifs is 1. The Hall–Kier alpha value is -1.91. The lowest BCUT2D eigenvalue weighted by atomic mass is 9.79. The molecule has 1 heterocycles. The Labute approximate surface area is 115 Å². The summed E-state index contributed by atoms with van der Waals surface area (Å²) in [6, 6.07) is 5.65. The van der Waals surface area contributed by atoms with Crippen molar-refractivity contribution in [1.82, 2.24) is 0 Å². The first-order chi connectivity index (χ1) is 9.63. The zero-order chi connectivity index (χ0) is 13.9. The number of nitrogens with one attached hydrogen (secondary N) is 1. The molecule has 1 saturated heterocycles. The normalized spacial score (nSPS) is 37.0. The third-order valence-corrected chi connectivity index (χ3v) is 4.90. The second-order valence-electron chi connectivity index (χ2n) is 5.92. The number of ether oxygens (including phenoxy) is 1. The Morgan fingerprint density at radius 2 is 2.00 bits per heavy atom. The van der Waals surface area contributed by atoms with Gasteiger partial charge in [0.05, 0.1) is 11.8 Å². The first kappa shape index (κ1) is 11.9. The van der Waals surface area contributed by atoms with E-state index in [1.54, 1.807) is 0 Å². The molecule has 20 heavy (non-hydrogen) atoms. The van der Waals surface area contributed by atoms with Gasteiger partial charge in [0.15, 0.2) is 0 Å². The molecule has 5 atom stereocenters. The number of halogens is 1. The zero-order valence-electron chi connectivity index (χ0n) is 10.7. The molecule has 2 bridgehead atoms. The fraction of sp³-hybridized carbons (Fsp3) is 0.467. The van der Waals surface area contributed by atoms with E-state index in [0.29, 0.717) is 5.69 Å². The molecule has 4 rings (SSSR count). The quantitative estimate of drug-likeness (QED) is 0.839. The molecule has 0 unspecified atom stereocenters. The smallest absolute Gasteiger partial charge is 0.310 e. The van der Waals surface area contributed by atoms with Crippen molar-refractivity contribution in [2.75, 3.05) is 5.32 Å². The van der Waals surface area contributed by atoms with E-state index in [9.17, 15) is 14.0 Å². The molecular formula is C15H14FNO3. The number of carbonyl (C=O) groups is 2. The number of hydrogen-bond acceptors (Lipinski definition) is 3. The van der Waals surface area contributed by atoms with Crippen LogP contribution >= 0.6 is 0 Å². The number of esters is 1. The van der Waals surface area contributed by atoms with Crippen LogP contribution in [0.4, 0.5) is 10.1 Å². The van der Waals surface area contributed by atoms with Crippen molar-refractivity contribution in [2.24, 2.45) is 23.7 Å². The molecule has 104 valence electrons. The zero-order valence-corrected chi connectivity index (χ0v) is 10.7. The molecule has 1 amide bonds. The summed E-state index contributed by atoms with van der Waals surface area (Å²) in [6.07, 6.45) is 1.74. The van der Waals surface area contributed by atoms with Crippen LogP contribution in [0.2, 0.25) is 0 Å². The molecule has 1 aliphatic heterocycles. The third kappa shape index (κ3) is 1.58. The summed E-state index contributed by atoms with van der Waals surface area (Å²) in [4.78, 5) is 24.3. The van der Waals surface area contributed by atoms with E-state index in [0.717, 1.165) is 12.8 Å². The van der Waals surface area contributed by atoms with Gasteiger partial charge in [0.2, 0.25) is 5.91 Å². The Balaban J connectivity index is 1.54. The average molecular weight is 275 g/mol. The number of amides is 1. The fourth-order valence-electron chi connectivity index (χ4n) is 4.12. The molecule has 1 aromatic rings. The SMILES string of the molecule is O=C(Nc1ccc(F)cc1)[C@@H]1[C@@H]2C[C@@H]3[C@H]1C(=O)O[C@H]3C2.